The predicted octanol–water partition coefficient (Wildman–Crippen LogP) is 1.48. The smallest absolute Gasteiger partial charge is 0.262 e. The third-order valence-corrected chi connectivity index (χ3v) is 5.86. The molecule has 0 saturated carbocycles. The van der Waals surface area contributed by atoms with Crippen molar-refractivity contribution >= 4 is 17.4 Å². The lowest BCUT2D eigenvalue weighted by Gasteiger charge is -2.42. The summed E-state index contributed by atoms with van der Waals surface area (Å²) in [6.07, 6.45) is 1.07. The van der Waals surface area contributed by atoms with Crippen molar-refractivity contribution in [2.24, 2.45) is 5.92 Å². The summed E-state index contributed by atoms with van der Waals surface area (Å²) in [4.78, 5) is 38.7. The normalized spacial score (nSPS) is 23.2. The van der Waals surface area contributed by atoms with Gasteiger partial charge in [-0.2, -0.15) is 0 Å². The number of amides is 1. The van der Waals surface area contributed by atoms with Gasteiger partial charge in [0, 0.05) is 42.9 Å². The number of nitrogens with one attached hydrogen (secondary N) is 1. The molecule has 2 aromatic rings. The van der Waals surface area contributed by atoms with Crippen LogP contribution < -0.4 is 15.6 Å². The number of piperidine rings is 1. The summed E-state index contributed by atoms with van der Waals surface area (Å²) >= 11 is 0. The number of aromatic nitrogens is 1. The van der Waals surface area contributed by atoms with Gasteiger partial charge in [-0.1, -0.05) is 6.07 Å². The standard InChI is InChI=1S/C21H21N3O4/c25-18(14-4-5-19-16(7-14)22-20(26)12-28-19)11-23-8-13-6-15(10-23)17-2-1-3-21(27)24(17)9-13/h1-5,7,13,15H,6,8-12H2,(H,22,26)/t13-,15+/m0/s1. The Hall–Kier alpha value is -2.93. The van der Waals surface area contributed by atoms with Crippen molar-refractivity contribution in [1.82, 2.24) is 9.47 Å². The van der Waals surface area contributed by atoms with Crippen LogP contribution >= 0.6 is 0 Å². The highest BCUT2D eigenvalue weighted by molar-refractivity contribution is 6.01. The third kappa shape index (κ3) is 3.01. The second-order valence-electron chi connectivity index (χ2n) is 7.86. The number of ketones is 1. The van der Waals surface area contributed by atoms with E-state index < -0.39 is 0 Å². The summed E-state index contributed by atoms with van der Waals surface area (Å²) in [6, 6.07) is 10.6. The van der Waals surface area contributed by atoms with Crippen LogP contribution in [0.15, 0.2) is 41.2 Å². The molecule has 3 aliphatic rings. The molecule has 7 nitrogen and oxygen atoms in total. The van der Waals surface area contributed by atoms with E-state index in [1.807, 2.05) is 16.7 Å². The highest BCUT2D eigenvalue weighted by Crippen LogP contribution is 2.35. The topological polar surface area (TPSA) is 80.6 Å². The molecule has 7 heteroatoms. The first-order chi connectivity index (χ1) is 13.6. The van der Waals surface area contributed by atoms with Gasteiger partial charge in [0.05, 0.1) is 12.2 Å². The highest BCUT2D eigenvalue weighted by atomic mass is 16.5. The molecular weight excluding hydrogens is 358 g/mol. The lowest BCUT2D eigenvalue weighted by Crippen LogP contribution is -2.48. The largest absolute Gasteiger partial charge is 0.482 e. The molecule has 1 amide bonds. The van der Waals surface area contributed by atoms with Gasteiger partial charge in [-0.3, -0.25) is 19.3 Å². The molecule has 5 rings (SSSR count). The number of likely N-dealkylation sites (tertiary alicyclic amines) is 1. The highest BCUT2D eigenvalue weighted by Gasteiger charge is 2.35. The Bertz CT molecular complexity index is 1030. The van der Waals surface area contributed by atoms with Crippen molar-refractivity contribution < 1.29 is 14.3 Å². The van der Waals surface area contributed by atoms with Gasteiger partial charge in [0.25, 0.3) is 11.5 Å². The number of ether oxygens (including phenoxy) is 1. The summed E-state index contributed by atoms with van der Waals surface area (Å²) in [5, 5.41) is 2.75. The lowest BCUT2D eigenvalue weighted by molar-refractivity contribution is -0.118. The molecule has 144 valence electrons. The summed E-state index contributed by atoms with van der Waals surface area (Å²) < 4.78 is 7.25. The Balaban J connectivity index is 1.32. The maximum atomic E-state index is 12.8. The number of nitrogens with zero attached hydrogens (tertiary/aromatic N) is 2. The maximum Gasteiger partial charge on any atom is 0.262 e. The Labute approximate surface area is 161 Å². The van der Waals surface area contributed by atoms with E-state index in [4.69, 9.17) is 4.74 Å². The fourth-order valence-corrected chi connectivity index (χ4v) is 4.68. The van der Waals surface area contributed by atoms with E-state index >= 15 is 0 Å². The van der Waals surface area contributed by atoms with Gasteiger partial charge in [0.1, 0.15) is 5.75 Å². The monoisotopic (exact) mass is 379 g/mol. The number of fused-ring (bicyclic) bond motifs is 5. The Morgan fingerprint density at radius 1 is 1.14 bits per heavy atom. The molecule has 0 unspecified atom stereocenters. The molecular formula is C21H21N3O4. The quantitative estimate of drug-likeness (QED) is 0.817. The zero-order valence-corrected chi connectivity index (χ0v) is 15.4. The first-order valence-electron chi connectivity index (χ1n) is 9.59. The molecule has 0 spiro atoms. The molecule has 0 aliphatic carbocycles. The number of hydrogen-bond acceptors (Lipinski definition) is 5. The molecule has 0 radical (unpaired) electrons. The number of carbonyl (C=O) groups is 2. The third-order valence-electron chi connectivity index (χ3n) is 5.86. The summed E-state index contributed by atoms with van der Waals surface area (Å²) in [6.45, 7) is 2.64. The van der Waals surface area contributed by atoms with Crippen LogP contribution in [0.2, 0.25) is 0 Å². The van der Waals surface area contributed by atoms with Gasteiger partial charge in [-0.25, -0.2) is 0 Å². The van der Waals surface area contributed by atoms with Gasteiger partial charge in [0.15, 0.2) is 12.4 Å². The van der Waals surface area contributed by atoms with Crippen LogP contribution in [0.1, 0.15) is 28.4 Å². The van der Waals surface area contributed by atoms with E-state index in [1.54, 1.807) is 24.3 Å². The van der Waals surface area contributed by atoms with Gasteiger partial charge in [0.2, 0.25) is 0 Å². The molecule has 2 atom stereocenters. The van der Waals surface area contributed by atoms with Gasteiger partial charge < -0.3 is 14.6 Å². The van der Waals surface area contributed by atoms with E-state index in [2.05, 4.69) is 10.2 Å². The van der Waals surface area contributed by atoms with Gasteiger partial charge >= 0.3 is 0 Å². The van der Waals surface area contributed by atoms with Crippen molar-refractivity contribution in [2.45, 2.75) is 18.9 Å². The average Bonchev–Trinajstić information content (AvgIpc) is 2.68. The molecule has 1 fully saturated rings. The van der Waals surface area contributed by atoms with E-state index in [0.717, 1.165) is 31.7 Å². The zero-order chi connectivity index (χ0) is 19.3. The number of carbonyl (C=O) groups excluding carboxylic acids is 2. The average molecular weight is 379 g/mol. The number of hydrogen-bond donors (Lipinski definition) is 1. The summed E-state index contributed by atoms with van der Waals surface area (Å²) in [7, 11) is 0. The molecule has 1 aromatic heterocycles. The number of Topliss-reactive ketones (excluding diaryl/α,β-unsaturated/α-hetero) is 1. The van der Waals surface area contributed by atoms with E-state index in [1.165, 1.54) is 0 Å². The molecule has 3 aliphatic heterocycles. The van der Waals surface area contributed by atoms with Crippen molar-refractivity contribution in [3.05, 3.63) is 58.0 Å². The first kappa shape index (κ1) is 17.2. The van der Waals surface area contributed by atoms with Gasteiger partial charge in [-0.15, -0.1) is 0 Å². The van der Waals surface area contributed by atoms with Crippen LogP contribution in [0.25, 0.3) is 0 Å². The van der Waals surface area contributed by atoms with Crippen molar-refractivity contribution in [2.75, 3.05) is 31.6 Å². The fourth-order valence-electron chi connectivity index (χ4n) is 4.68. The minimum atomic E-state index is -0.213. The Kier molecular flexibility index (Phi) is 4.05. The number of rotatable bonds is 3. The molecule has 1 N–H and O–H groups in total. The van der Waals surface area contributed by atoms with E-state index in [9.17, 15) is 14.4 Å². The van der Waals surface area contributed by atoms with Crippen LogP contribution in [-0.4, -0.2) is 47.4 Å². The van der Waals surface area contributed by atoms with Crippen molar-refractivity contribution in [3.8, 4) is 5.75 Å². The molecule has 1 aromatic carbocycles. The van der Waals surface area contributed by atoms with Crippen molar-refractivity contribution in [1.29, 1.82) is 0 Å². The lowest BCUT2D eigenvalue weighted by atomic mass is 9.83. The minimum absolute atomic E-state index is 0.00140. The minimum Gasteiger partial charge on any atom is -0.482 e. The molecule has 28 heavy (non-hydrogen) atoms. The van der Waals surface area contributed by atoms with Crippen LogP contribution in [0.3, 0.4) is 0 Å². The van der Waals surface area contributed by atoms with Crippen LogP contribution in [-0.2, 0) is 11.3 Å². The second kappa shape index (κ2) is 6.60. The van der Waals surface area contributed by atoms with Crippen molar-refractivity contribution in [3.63, 3.8) is 0 Å². The SMILES string of the molecule is O=C1COc2ccc(C(=O)CN3C[C@@H]4C[C@H](C3)c3cccc(=O)n3C4)cc2N1. The zero-order valence-electron chi connectivity index (χ0n) is 15.4. The van der Waals surface area contributed by atoms with Crippen LogP contribution in [0.4, 0.5) is 5.69 Å². The predicted molar refractivity (Wildman–Crippen MR) is 103 cm³/mol. The Morgan fingerprint density at radius 2 is 2.04 bits per heavy atom. The van der Waals surface area contributed by atoms with Gasteiger partial charge in [-0.05, 0) is 36.6 Å². The number of pyridine rings is 1. The fraction of sp³-hybridized carbons (Fsp3) is 0.381. The molecule has 4 heterocycles. The maximum absolute atomic E-state index is 12.8. The van der Waals surface area contributed by atoms with E-state index in [0.29, 0.717) is 29.5 Å². The number of anilines is 1. The Morgan fingerprint density at radius 3 is 2.93 bits per heavy atom. The second-order valence-corrected chi connectivity index (χ2v) is 7.86. The van der Waals surface area contributed by atoms with E-state index in [-0.39, 0.29) is 29.8 Å². The summed E-state index contributed by atoms with van der Waals surface area (Å²) in [5.41, 5.74) is 2.26. The van der Waals surface area contributed by atoms with Crippen LogP contribution in [0.5, 0.6) is 5.75 Å². The molecule has 1 saturated heterocycles. The first-order valence-corrected chi connectivity index (χ1v) is 9.59. The number of benzene rings is 1. The van der Waals surface area contributed by atoms with Crippen LogP contribution in [0, 0.1) is 5.92 Å². The molecule has 2 bridgehead atoms. The summed E-state index contributed by atoms with van der Waals surface area (Å²) in [5.74, 6) is 1.06.